The number of anilines is 1. The Kier molecular flexibility index (Phi) is 5.83. The minimum Gasteiger partial charge on any atom is -0.382 e. The van der Waals surface area contributed by atoms with Crippen molar-refractivity contribution in [1.29, 1.82) is 0 Å². The molecular formula is C15H21BrN4O. The van der Waals surface area contributed by atoms with Crippen molar-refractivity contribution >= 4 is 21.6 Å². The summed E-state index contributed by atoms with van der Waals surface area (Å²) in [5.41, 5.74) is 0.520. The van der Waals surface area contributed by atoms with E-state index in [1.807, 2.05) is 0 Å². The van der Waals surface area contributed by atoms with E-state index in [-0.39, 0.29) is 12.1 Å². The van der Waals surface area contributed by atoms with Crippen molar-refractivity contribution in [3.63, 3.8) is 0 Å². The van der Waals surface area contributed by atoms with Crippen LogP contribution in [0.2, 0.25) is 0 Å². The van der Waals surface area contributed by atoms with Crippen molar-refractivity contribution in [2.45, 2.75) is 26.3 Å². The van der Waals surface area contributed by atoms with Gasteiger partial charge in [-0.15, -0.1) is 6.42 Å². The highest BCUT2D eigenvalue weighted by Gasteiger charge is 2.15. The number of halogens is 1. The van der Waals surface area contributed by atoms with Crippen molar-refractivity contribution in [3.05, 3.63) is 21.0 Å². The molecule has 1 aromatic heterocycles. The Hall–Kier alpha value is -1.32. The summed E-state index contributed by atoms with van der Waals surface area (Å²) in [4.78, 5) is 14.5. The number of terminal acetylenes is 1. The maximum absolute atomic E-state index is 12.0. The molecule has 0 bridgehead atoms. The van der Waals surface area contributed by atoms with Gasteiger partial charge in [-0.3, -0.25) is 4.79 Å². The molecule has 1 fully saturated rings. The standard InChI is InChI=1S/C15H21BrN4O/c1-3-6-20-15(21)14(16)13(10-18-20)17-9-12(2)11-19-7-4-5-8-19/h1,10,12,17H,4-9,11H2,2H3. The molecule has 0 radical (unpaired) electrons. The third kappa shape index (κ3) is 4.32. The molecule has 1 atom stereocenters. The molecule has 0 spiro atoms. The molecule has 114 valence electrons. The highest BCUT2D eigenvalue weighted by atomic mass is 79.9. The highest BCUT2D eigenvalue weighted by Crippen LogP contribution is 2.17. The van der Waals surface area contributed by atoms with E-state index in [0.717, 1.165) is 18.8 Å². The molecule has 0 aliphatic carbocycles. The molecule has 21 heavy (non-hydrogen) atoms. The van der Waals surface area contributed by atoms with Gasteiger partial charge < -0.3 is 10.2 Å². The summed E-state index contributed by atoms with van der Waals surface area (Å²) in [7, 11) is 0. The molecule has 0 amide bonds. The van der Waals surface area contributed by atoms with Crippen LogP contribution in [0.15, 0.2) is 15.5 Å². The lowest BCUT2D eigenvalue weighted by Gasteiger charge is -2.21. The first-order valence-electron chi connectivity index (χ1n) is 7.27. The second-order valence-corrected chi connectivity index (χ2v) is 6.33. The highest BCUT2D eigenvalue weighted by molar-refractivity contribution is 9.10. The summed E-state index contributed by atoms with van der Waals surface area (Å²) in [6, 6.07) is 0. The van der Waals surface area contributed by atoms with E-state index in [9.17, 15) is 4.79 Å². The van der Waals surface area contributed by atoms with Gasteiger partial charge in [-0.2, -0.15) is 5.10 Å². The average molecular weight is 353 g/mol. The van der Waals surface area contributed by atoms with E-state index in [4.69, 9.17) is 6.42 Å². The summed E-state index contributed by atoms with van der Waals surface area (Å²) in [5, 5.41) is 7.36. The van der Waals surface area contributed by atoms with Crippen LogP contribution >= 0.6 is 15.9 Å². The average Bonchev–Trinajstić information content (AvgIpc) is 2.96. The predicted octanol–water partition coefficient (Wildman–Crippen LogP) is 1.78. The third-order valence-corrected chi connectivity index (χ3v) is 4.40. The molecule has 1 aliphatic heterocycles. The van der Waals surface area contributed by atoms with Gasteiger partial charge in [0.2, 0.25) is 0 Å². The van der Waals surface area contributed by atoms with Gasteiger partial charge in [-0.05, 0) is 47.8 Å². The van der Waals surface area contributed by atoms with Crippen molar-refractivity contribution in [3.8, 4) is 12.3 Å². The van der Waals surface area contributed by atoms with Crippen LogP contribution in [0.25, 0.3) is 0 Å². The van der Waals surface area contributed by atoms with Crippen LogP contribution in [0.4, 0.5) is 5.69 Å². The molecule has 6 heteroatoms. The summed E-state index contributed by atoms with van der Waals surface area (Å²) < 4.78 is 1.75. The minimum absolute atomic E-state index is 0.184. The summed E-state index contributed by atoms with van der Waals surface area (Å²) >= 11 is 3.32. The zero-order valence-electron chi connectivity index (χ0n) is 12.3. The van der Waals surface area contributed by atoms with Gasteiger partial charge in [0, 0.05) is 13.1 Å². The van der Waals surface area contributed by atoms with Crippen LogP contribution in [0.5, 0.6) is 0 Å². The molecule has 1 saturated heterocycles. The Labute approximate surface area is 133 Å². The van der Waals surface area contributed by atoms with E-state index in [1.54, 1.807) is 6.20 Å². The zero-order valence-corrected chi connectivity index (χ0v) is 13.9. The number of likely N-dealkylation sites (tertiary alicyclic amines) is 1. The van der Waals surface area contributed by atoms with Gasteiger partial charge in [0.15, 0.2) is 0 Å². The Morgan fingerprint density at radius 3 is 2.90 bits per heavy atom. The molecule has 2 heterocycles. The van der Waals surface area contributed by atoms with Gasteiger partial charge in [-0.25, -0.2) is 4.68 Å². The van der Waals surface area contributed by atoms with E-state index < -0.39 is 0 Å². The quantitative estimate of drug-likeness (QED) is 0.793. The number of aromatic nitrogens is 2. The lowest BCUT2D eigenvalue weighted by atomic mass is 10.1. The molecular weight excluding hydrogens is 332 g/mol. The second kappa shape index (κ2) is 7.62. The van der Waals surface area contributed by atoms with Crippen LogP contribution < -0.4 is 10.9 Å². The number of rotatable bonds is 6. The van der Waals surface area contributed by atoms with Gasteiger partial charge in [0.05, 0.1) is 11.9 Å². The number of hydrogen-bond acceptors (Lipinski definition) is 4. The van der Waals surface area contributed by atoms with Crippen molar-refractivity contribution in [2.24, 2.45) is 5.92 Å². The Balaban J connectivity index is 1.92. The van der Waals surface area contributed by atoms with Crippen LogP contribution in [-0.4, -0.2) is 40.9 Å². The maximum atomic E-state index is 12.0. The molecule has 1 aromatic rings. The smallest absolute Gasteiger partial charge is 0.284 e. The summed E-state index contributed by atoms with van der Waals surface area (Å²) in [6.07, 6.45) is 9.47. The van der Waals surface area contributed by atoms with Gasteiger partial charge in [0.25, 0.3) is 5.56 Å². The fourth-order valence-electron chi connectivity index (χ4n) is 2.54. The normalized spacial score (nSPS) is 16.6. The number of nitrogens with one attached hydrogen (secondary N) is 1. The number of nitrogens with zero attached hydrogens (tertiary/aromatic N) is 3. The summed E-state index contributed by atoms with van der Waals surface area (Å²) in [6.45, 7) is 6.71. The fraction of sp³-hybridized carbons (Fsp3) is 0.600. The monoisotopic (exact) mass is 352 g/mol. The maximum Gasteiger partial charge on any atom is 0.284 e. The second-order valence-electron chi connectivity index (χ2n) is 5.53. The molecule has 2 rings (SSSR count). The van der Waals surface area contributed by atoms with Crippen molar-refractivity contribution in [2.75, 3.05) is 31.5 Å². The van der Waals surface area contributed by atoms with E-state index >= 15 is 0 Å². The van der Waals surface area contributed by atoms with E-state index in [1.165, 1.54) is 30.6 Å². The molecule has 1 N–H and O–H groups in total. The van der Waals surface area contributed by atoms with Gasteiger partial charge in [0.1, 0.15) is 11.0 Å². The Morgan fingerprint density at radius 1 is 1.52 bits per heavy atom. The Bertz CT molecular complexity index is 572. The topological polar surface area (TPSA) is 50.2 Å². The molecule has 0 aromatic carbocycles. The van der Waals surface area contributed by atoms with Gasteiger partial charge in [-0.1, -0.05) is 12.8 Å². The van der Waals surface area contributed by atoms with Crippen molar-refractivity contribution in [1.82, 2.24) is 14.7 Å². The predicted molar refractivity (Wildman–Crippen MR) is 88.4 cm³/mol. The minimum atomic E-state index is -0.204. The van der Waals surface area contributed by atoms with Crippen LogP contribution in [0, 0.1) is 18.3 Å². The van der Waals surface area contributed by atoms with E-state index in [0.29, 0.717) is 10.4 Å². The van der Waals surface area contributed by atoms with Gasteiger partial charge >= 0.3 is 0 Å². The number of hydrogen-bond donors (Lipinski definition) is 1. The lowest BCUT2D eigenvalue weighted by Crippen LogP contribution is -2.29. The molecule has 1 aliphatic rings. The first-order valence-corrected chi connectivity index (χ1v) is 8.06. The fourth-order valence-corrected chi connectivity index (χ4v) is 2.99. The first-order chi connectivity index (χ1) is 10.1. The lowest BCUT2D eigenvalue weighted by molar-refractivity contribution is 0.294. The third-order valence-electron chi connectivity index (χ3n) is 3.64. The van der Waals surface area contributed by atoms with Crippen LogP contribution in [0.3, 0.4) is 0 Å². The van der Waals surface area contributed by atoms with Crippen LogP contribution in [-0.2, 0) is 6.54 Å². The largest absolute Gasteiger partial charge is 0.382 e. The SMILES string of the molecule is C#CCn1ncc(NCC(C)CN2CCCC2)c(Br)c1=O. The zero-order chi connectivity index (χ0) is 15.2. The first kappa shape index (κ1) is 16.1. The molecule has 0 saturated carbocycles. The molecule has 1 unspecified atom stereocenters. The van der Waals surface area contributed by atoms with Crippen LogP contribution in [0.1, 0.15) is 19.8 Å². The Morgan fingerprint density at radius 2 is 2.24 bits per heavy atom. The summed E-state index contributed by atoms with van der Waals surface area (Å²) in [5.74, 6) is 2.93. The molecule has 5 nitrogen and oxygen atoms in total. The van der Waals surface area contributed by atoms with Crippen molar-refractivity contribution < 1.29 is 0 Å². The van der Waals surface area contributed by atoms with E-state index in [2.05, 4.69) is 44.1 Å².